The third-order valence-electron chi connectivity index (χ3n) is 2.41. The van der Waals surface area contributed by atoms with Gasteiger partial charge in [0.1, 0.15) is 5.82 Å². The van der Waals surface area contributed by atoms with Crippen molar-refractivity contribution in [3.8, 4) is 0 Å². The van der Waals surface area contributed by atoms with Crippen molar-refractivity contribution >= 4 is 22.9 Å². The van der Waals surface area contributed by atoms with Crippen molar-refractivity contribution in [3.05, 3.63) is 51.2 Å². The van der Waals surface area contributed by atoms with E-state index in [1.807, 2.05) is 6.92 Å². The summed E-state index contributed by atoms with van der Waals surface area (Å²) in [6.07, 6.45) is 1.78. The quantitative estimate of drug-likeness (QED) is 0.918. The number of benzene rings is 1. The highest BCUT2D eigenvalue weighted by Gasteiger charge is 2.18. The van der Waals surface area contributed by atoms with Gasteiger partial charge in [-0.1, -0.05) is 18.5 Å². The molecular weight excluding hydrogens is 259 g/mol. The van der Waals surface area contributed by atoms with E-state index in [-0.39, 0.29) is 11.9 Å². The highest BCUT2D eigenvalue weighted by Crippen LogP contribution is 2.30. The van der Waals surface area contributed by atoms with Gasteiger partial charge in [0.2, 0.25) is 0 Å². The van der Waals surface area contributed by atoms with E-state index in [4.69, 9.17) is 11.6 Å². The maximum atomic E-state index is 13.3. The molecule has 0 fully saturated rings. The Morgan fingerprint density at radius 3 is 3.00 bits per heavy atom. The fourth-order valence-corrected chi connectivity index (χ4v) is 2.61. The van der Waals surface area contributed by atoms with Crippen LogP contribution in [-0.2, 0) is 0 Å². The molecule has 0 radical (unpaired) electrons. The minimum absolute atomic E-state index is 0.101. The second-order valence-electron chi connectivity index (χ2n) is 3.56. The molecule has 2 nitrogen and oxygen atoms in total. The highest BCUT2D eigenvalue weighted by atomic mass is 35.5. The van der Waals surface area contributed by atoms with Crippen molar-refractivity contribution in [2.24, 2.45) is 0 Å². The first-order chi connectivity index (χ1) is 8.22. The van der Waals surface area contributed by atoms with Crippen molar-refractivity contribution in [1.29, 1.82) is 0 Å². The van der Waals surface area contributed by atoms with Crippen LogP contribution in [0.4, 0.5) is 4.39 Å². The van der Waals surface area contributed by atoms with Crippen LogP contribution in [0.5, 0.6) is 0 Å². The van der Waals surface area contributed by atoms with Gasteiger partial charge in [0.15, 0.2) is 0 Å². The van der Waals surface area contributed by atoms with Crippen LogP contribution in [0.1, 0.15) is 23.4 Å². The van der Waals surface area contributed by atoms with Gasteiger partial charge in [-0.15, -0.1) is 11.3 Å². The molecule has 0 saturated carbocycles. The lowest BCUT2D eigenvalue weighted by molar-refractivity contribution is 0.606. The van der Waals surface area contributed by atoms with Gasteiger partial charge in [-0.2, -0.15) is 0 Å². The number of thiazole rings is 1. The summed E-state index contributed by atoms with van der Waals surface area (Å²) in [5.74, 6) is -0.281. The summed E-state index contributed by atoms with van der Waals surface area (Å²) < 4.78 is 13.3. The zero-order chi connectivity index (χ0) is 12.3. The molecule has 0 aliphatic heterocycles. The van der Waals surface area contributed by atoms with E-state index >= 15 is 0 Å². The molecule has 1 heterocycles. The van der Waals surface area contributed by atoms with Crippen LogP contribution >= 0.6 is 22.9 Å². The molecule has 1 atom stereocenters. The average molecular weight is 271 g/mol. The maximum absolute atomic E-state index is 13.3. The molecule has 17 heavy (non-hydrogen) atoms. The van der Waals surface area contributed by atoms with Crippen LogP contribution in [0, 0.1) is 5.82 Å². The molecule has 1 aromatic heterocycles. The molecule has 1 N–H and O–H groups in total. The number of hydrogen-bond donors (Lipinski definition) is 1. The number of halogens is 2. The molecule has 5 heteroatoms. The van der Waals surface area contributed by atoms with Crippen molar-refractivity contribution in [3.63, 3.8) is 0 Å². The van der Waals surface area contributed by atoms with E-state index < -0.39 is 0 Å². The third-order valence-corrected chi connectivity index (χ3v) is 3.60. The van der Waals surface area contributed by atoms with Crippen LogP contribution in [0.15, 0.2) is 29.9 Å². The molecule has 0 aliphatic rings. The van der Waals surface area contributed by atoms with Gasteiger partial charge in [0, 0.05) is 16.1 Å². The Hall–Kier alpha value is -0.970. The molecule has 0 aliphatic carbocycles. The summed E-state index contributed by atoms with van der Waals surface area (Å²) >= 11 is 7.65. The molecule has 0 bridgehead atoms. The largest absolute Gasteiger partial charge is 0.306 e. The molecule has 0 spiro atoms. The third kappa shape index (κ3) is 2.83. The van der Waals surface area contributed by atoms with E-state index in [1.54, 1.807) is 17.8 Å². The minimum Gasteiger partial charge on any atom is -0.306 e. The van der Waals surface area contributed by atoms with Crippen molar-refractivity contribution < 1.29 is 4.39 Å². The highest BCUT2D eigenvalue weighted by molar-refractivity contribution is 7.09. The Kier molecular flexibility index (Phi) is 4.10. The van der Waals surface area contributed by atoms with E-state index in [0.29, 0.717) is 5.02 Å². The van der Waals surface area contributed by atoms with E-state index in [9.17, 15) is 4.39 Å². The van der Waals surface area contributed by atoms with E-state index in [1.165, 1.54) is 23.5 Å². The van der Waals surface area contributed by atoms with Crippen LogP contribution in [0.3, 0.4) is 0 Å². The number of rotatable bonds is 4. The molecule has 1 aromatic carbocycles. The fraction of sp³-hybridized carbons (Fsp3) is 0.250. The van der Waals surface area contributed by atoms with Crippen molar-refractivity contribution in [2.75, 3.05) is 6.54 Å². The molecule has 1 unspecified atom stereocenters. The second kappa shape index (κ2) is 5.58. The molecule has 90 valence electrons. The lowest BCUT2D eigenvalue weighted by Crippen LogP contribution is -2.21. The molecule has 2 rings (SSSR count). The van der Waals surface area contributed by atoms with Crippen LogP contribution in [0.2, 0.25) is 5.02 Å². The number of hydrogen-bond acceptors (Lipinski definition) is 3. The van der Waals surface area contributed by atoms with Crippen LogP contribution < -0.4 is 5.32 Å². The SMILES string of the molecule is CCNC(c1cncs1)c1cc(F)ccc1Cl. The summed E-state index contributed by atoms with van der Waals surface area (Å²) in [5, 5.41) is 3.85. The first-order valence-corrected chi connectivity index (χ1v) is 6.55. The van der Waals surface area contributed by atoms with Gasteiger partial charge in [-0.25, -0.2) is 4.39 Å². The van der Waals surface area contributed by atoms with E-state index in [0.717, 1.165) is 17.0 Å². The van der Waals surface area contributed by atoms with Crippen molar-refractivity contribution in [1.82, 2.24) is 10.3 Å². The average Bonchev–Trinajstić information content (AvgIpc) is 2.83. The smallest absolute Gasteiger partial charge is 0.123 e. The van der Waals surface area contributed by atoms with Crippen LogP contribution in [-0.4, -0.2) is 11.5 Å². The van der Waals surface area contributed by atoms with Gasteiger partial charge >= 0.3 is 0 Å². The summed E-state index contributed by atoms with van der Waals surface area (Å²) in [4.78, 5) is 5.07. The van der Waals surface area contributed by atoms with E-state index in [2.05, 4.69) is 10.3 Å². The predicted octanol–water partition coefficient (Wildman–Crippen LogP) is 3.63. The van der Waals surface area contributed by atoms with Gasteiger partial charge < -0.3 is 5.32 Å². The molecule has 0 saturated heterocycles. The number of nitrogens with zero attached hydrogens (tertiary/aromatic N) is 1. The Bertz CT molecular complexity index is 487. The number of nitrogens with one attached hydrogen (secondary N) is 1. The lowest BCUT2D eigenvalue weighted by atomic mass is 10.1. The summed E-state index contributed by atoms with van der Waals surface area (Å²) in [5.41, 5.74) is 2.50. The topological polar surface area (TPSA) is 24.9 Å². The zero-order valence-electron chi connectivity index (χ0n) is 9.28. The normalized spacial score (nSPS) is 12.6. The zero-order valence-corrected chi connectivity index (χ0v) is 10.9. The Balaban J connectivity index is 2.42. The Labute approximate surface area is 108 Å². The standard InChI is InChI=1S/C12H12ClFN2S/c1-2-16-12(11-6-15-7-17-11)9-5-8(14)3-4-10(9)13/h3-7,12,16H,2H2,1H3. The summed E-state index contributed by atoms with van der Waals surface area (Å²) in [6, 6.07) is 4.31. The summed E-state index contributed by atoms with van der Waals surface area (Å²) in [7, 11) is 0. The van der Waals surface area contributed by atoms with Gasteiger partial charge in [0.25, 0.3) is 0 Å². The van der Waals surface area contributed by atoms with Gasteiger partial charge in [-0.05, 0) is 30.3 Å². The van der Waals surface area contributed by atoms with Gasteiger partial charge in [0.05, 0.1) is 11.6 Å². The van der Waals surface area contributed by atoms with Gasteiger partial charge in [-0.3, -0.25) is 4.98 Å². The minimum atomic E-state index is -0.281. The summed E-state index contributed by atoms with van der Waals surface area (Å²) in [6.45, 7) is 2.77. The monoisotopic (exact) mass is 270 g/mol. The van der Waals surface area contributed by atoms with Crippen LogP contribution in [0.25, 0.3) is 0 Å². The van der Waals surface area contributed by atoms with Crippen molar-refractivity contribution in [2.45, 2.75) is 13.0 Å². The maximum Gasteiger partial charge on any atom is 0.123 e. The molecule has 0 amide bonds. The predicted molar refractivity (Wildman–Crippen MR) is 69.0 cm³/mol. The lowest BCUT2D eigenvalue weighted by Gasteiger charge is -2.17. The first-order valence-electron chi connectivity index (χ1n) is 5.29. The fourth-order valence-electron chi connectivity index (χ4n) is 1.67. The molecular formula is C12H12ClFN2S. The molecule has 2 aromatic rings. The Morgan fingerprint density at radius 2 is 2.35 bits per heavy atom. The first kappa shape index (κ1) is 12.5. The number of aromatic nitrogens is 1. The Morgan fingerprint density at radius 1 is 1.53 bits per heavy atom. The second-order valence-corrected chi connectivity index (χ2v) is 4.89.